The Morgan fingerprint density at radius 2 is 1.52 bits per heavy atom. The highest BCUT2D eigenvalue weighted by Crippen LogP contribution is 2.42. The second-order valence-electron chi connectivity index (χ2n) is 13.2. The monoisotopic (exact) mass is 680 g/mol. The normalized spacial score (nSPS) is 20.3. The number of hydrogen-bond acceptors (Lipinski definition) is 7. The molecule has 1 fully saturated rings. The minimum absolute atomic E-state index is 0.0137. The Morgan fingerprint density at radius 1 is 0.860 bits per heavy atom. The lowest BCUT2D eigenvalue weighted by atomic mass is 9.89. The highest BCUT2D eigenvalue weighted by atomic mass is 16.7. The van der Waals surface area contributed by atoms with Gasteiger partial charge in [0.2, 0.25) is 5.91 Å². The first-order chi connectivity index (χ1) is 24.1. The van der Waals surface area contributed by atoms with Crippen molar-refractivity contribution in [3.05, 3.63) is 131 Å². The molecule has 9 heteroatoms. The summed E-state index contributed by atoms with van der Waals surface area (Å²) in [5, 5.41) is 32.5. The summed E-state index contributed by atoms with van der Waals surface area (Å²) < 4.78 is 13.4. The van der Waals surface area contributed by atoms with Crippen LogP contribution in [0.3, 0.4) is 0 Å². The highest BCUT2D eigenvalue weighted by molar-refractivity contribution is 5.77. The summed E-state index contributed by atoms with van der Waals surface area (Å²) >= 11 is 0. The van der Waals surface area contributed by atoms with Gasteiger partial charge in [0.15, 0.2) is 6.29 Å². The molecule has 4 N–H and O–H groups in total. The molecule has 0 aromatic heterocycles. The summed E-state index contributed by atoms with van der Waals surface area (Å²) in [4.78, 5) is 25.2. The van der Waals surface area contributed by atoms with Crippen LogP contribution in [0.25, 0.3) is 11.1 Å². The molecular formula is C41H48N2O7. The van der Waals surface area contributed by atoms with Crippen LogP contribution < -0.4 is 5.32 Å². The van der Waals surface area contributed by atoms with E-state index in [1.54, 1.807) is 0 Å². The Hall–Kier alpha value is -4.38. The summed E-state index contributed by atoms with van der Waals surface area (Å²) in [6.07, 6.45) is -1.35. The molecule has 0 aliphatic carbocycles. The number of nitrogens with zero attached hydrogens (tertiary/aromatic N) is 1. The van der Waals surface area contributed by atoms with Crippen LogP contribution in [-0.4, -0.2) is 57.8 Å². The SMILES string of the molecule is C[C@H]1[C@@H](CN(C)[C@@H](C)[C@H](O)c2ccccc2)O[C@@H](c2ccc(-c3ccccc3CNC(=O)CCCC(=O)O)cc2)O[C@H]1c1ccc(CO)cc1. The van der Waals surface area contributed by atoms with Crippen molar-refractivity contribution in [1.29, 1.82) is 0 Å². The lowest BCUT2D eigenvalue weighted by Crippen LogP contribution is -2.46. The number of carboxylic acid groups (broad SMARTS) is 1. The van der Waals surface area contributed by atoms with Crippen molar-refractivity contribution < 1.29 is 34.4 Å². The number of aliphatic hydroxyl groups is 2. The van der Waals surface area contributed by atoms with Gasteiger partial charge in [0.05, 0.1) is 24.9 Å². The van der Waals surface area contributed by atoms with Gasteiger partial charge in [-0.3, -0.25) is 14.5 Å². The maximum Gasteiger partial charge on any atom is 0.303 e. The zero-order valence-electron chi connectivity index (χ0n) is 28.9. The van der Waals surface area contributed by atoms with Crippen molar-refractivity contribution in [3.63, 3.8) is 0 Å². The predicted molar refractivity (Wildman–Crippen MR) is 192 cm³/mol. The van der Waals surface area contributed by atoms with E-state index in [2.05, 4.69) is 17.1 Å². The summed E-state index contributed by atoms with van der Waals surface area (Å²) in [5.74, 6) is -1.10. The molecule has 1 heterocycles. The van der Waals surface area contributed by atoms with Gasteiger partial charge in [-0.1, -0.05) is 110 Å². The average Bonchev–Trinajstić information content (AvgIpc) is 3.14. The Bertz CT molecular complexity index is 1680. The minimum Gasteiger partial charge on any atom is -0.481 e. The van der Waals surface area contributed by atoms with Gasteiger partial charge in [0, 0.05) is 43.5 Å². The first-order valence-electron chi connectivity index (χ1n) is 17.2. The molecule has 4 aromatic carbocycles. The first-order valence-corrected chi connectivity index (χ1v) is 17.2. The van der Waals surface area contributed by atoms with Crippen LogP contribution in [0.5, 0.6) is 0 Å². The number of rotatable bonds is 15. The fourth-order valence-corrected chi connectivity index (χ4v) is 6.41. The lowest BCUT2D eigenvalue weighted by Gasteiger charge is -2.43. The number of hydrogen-bond donors (Lipinski definition) is 4. The van der Waals surface area contributed by atoms with E-state index in [1.165, 1.54) is 0 Å². The number of aliphatic hydroxyl groups excluding tert-OH is 2. The standard InChI is InChI=1S/C41H48N2O7/c1-27-36(25-43(3)28(2)39(48)31-10-5-4-6-11-31)49-41(50-40(27)32-18-16-29(26-44)17-19-32)33-22-20-30(21-23-33)35-13-8-7-12-34(35)24-42-37(45)14-9-15-38(46)47/h4-8,10-13,16-23,27-28,36,39-41,44,48H,9,14-15,24-26H2,1-3H3,(H,42,45)(H,46,47)/t27-,28-,36+,39-,40+,41+/m0/s1. The average molecular weight is 681 g/mol. The fraction of sp³-hybridized carbons (Fsp3) is 0.366. The number of carbonyl (C=O) groups excluding carboxylic acids is 1. The van der Waals surface area contributed by atoms with E-state index in [0.717, 1.165) is 38.9 Å². The number of aliphatic carboxylic acids is 1. The Balaban J connectivity index is 1.33. The molecule has 1 aliphatic heterocycles. The second kappa shape index (κ2) is 17.5. The molecule has 0 spiro atoms. The summed E-state index contributed by atoms with van der Waals surface area (Å²) in [6.45, 7) is 5.02. The van der Waals surface area contributed by atoms with Crippen molar-refractivity contribution in [2.75, 3.05) is 13.6 Å². The van der Waals surface area contributed by atoms with Gasteiger partial charge in [0.1, 0.15) is 0 Å². The first kappa shape index (κ1) is 36.9. The molecule has 1 saturated heterocycles. The molecule has 0 unspecified atom stereocenters. The van der Waals surface area contributed by atoms with E-state index in [-0.39, 0.29) is 49.5 Å². The number of amides is 1. The van der Waals surface area contributed by atoms with E-state index < -0.39 is 18.4 Å². The smallest absolute Gasteiger partial charge is 0.303 e. The zero-order chi connectivity index (χ0) is 35.6. The van der Waals surface area contributed by atoms with Crippen molar-refractivity contribution in [2.45, 2.75) is 76.9 Å². The van der Waals surface area contributed by atoms with E-state index in [4.69, 9.17) is 14.6 Å². The zero-order valence-corrected chi connectivity index (χ0v) is 28.9. The van der Waals surface area contributed by atoms with E-state index in [0.29, 0.717) is 19.5 Å². The fourth-order valence-electron chi connectivity index (χ4n) is 6.41. The van der Waals surface area contributed by atoms with Crippen molar-refractivity contribution in [2.24, 2.45) is 5.92 Å². The van der Waals surface area contributed by atoms with Crippen molar-refractivity contribution >= 4 is 11.9 Å². The molecule has 0 bridgehead atoms. The van der Waals surface area contributed by atoms with E-state index >= 15 is 0 Å². The Kier molecular flexibility index (Phi) is 12.9. The molecule has 50 heavy (non-hydrogen) atoms. The number of likely N-dealkylation sites (N-methyl/N-ethyl adjacent to an activating group) is 1. The van der Waals surface area contributed by atoms with Gasteiger partial charge >= 0.3 is 5.97 Å². The van der Waals surface area contributed by atoms with Crippen molar-refractivity contribution in [1.82, 2.24) is 10.2 Å². The quantitative estimate of drug-likeness (QED) is 0.111. The largest absolute Gasteiger partial charge is 0.481 e. The molecule has 1 amide bonds. The maximum atomic E-state index is 12.3. The van der Waals surface area contributed by atoms with Gasteiger partial charge in [-0.15, -0.1) is 0 Å². The van der Waals surface area contributed by atoms with Crippen LogP contribution in [0.2, 0.25) is 0 Å². The maximum absolute atomic E-state index is 12.3. The third-order valence-corrected chi connectivity index (χ3v) is 9.67. The molecule has 0 saturated carbocycles. The minimum atomic E-state index is -0.909. The topological polar surface area (TPSA) is 129 Å². The third-order valence-electron chi connectivity index (χ3n) is 9.67. The second-order valence-corrected chi connectivity index (χ2v) is 13.2. The van der Waals surface area contributed by atoms with Crippen LogP contribution in [0.1, 0.15) is 79.4 Å². The van der Waals surface area contributed by atoms with Gasteiger partial charge in [-0.2, -0.15) is 0 Å². The van der Waals surface area contributed by atoms with Crippen molar-refractivity contribution in [3.8, 4) is 11.1 Å². The highest BCUT2D eigenvalue weighted by Gasteiger charge is 2.39. The number of carboxylic acids is 1. The molecular weight excluding hydrogens is 632 g/mol. The molecule has 4 aromatic rings. The van der Waals surface area contributed by atoms with Crippen LogP contribution in [0.15, 0.2) is 103 Å². The predicted octanol–water partition coefficient (Wildman–Crippen LogP) is 6.56. The molecule has 5 rings (SSSR count). The molecule has 0 radical (unpaired) electrons. The van der Waals surface area contributed by atoms with Crippen LogP contribution >= 0.6 is 0 Å². The Morgan fingerprint density at radius 3 is 2.20 bits per heavy atom. The summed E-state index contributed by atoms with van der Waals surface area (Å²) in [5.41, 5.74) is 6.48. The van der Waals surface area contributed by atoms with Gasteiger partial charge in [-0.05, 0) is 53.8 Å². The Labute approximate surface area is 294 Å². The van der Waals surface area contributed by atoms with E-state index in [1.807, 2.05) is 117 Å². The molecule has 6 atom stereocenters. The van der Waals surface area contributed by atoms with Gasteiger partial charge in [-0.25, -0.2) is 0 Å². The number of nitrogens with one attached hydrogen (secondary N) is 1. The van der Waals surface area contributed by atoms with Crippen LogP contribution in [0, 0.1) is 5.92 Å². The number of benzene rings is 4. The van der Waals surface area contributed by atoms with Crippen LogP contribution in [0.4, 0.5) is 0 Å². The molecule has 9 nitrogen and oxygen atoms in total. The molecule has 264 valence electrons. The van der Waals surface area contributed by atoms with Crippen LogP contribution in [-0.2, 0) is 32.2 Å². The van der Waals surface area contributed by atoms with Gasteiger partial charge < -0.3 is 30.1 Å². The van der Waals surface area contributed by atoms with E-state index in [9.17, 15) is 19.8 Å². The molecule has 1 aliphatic rings. The van der Waals surface area contributed by atoms with Gasteiger partial charge in [0.25, 0.3) is 0 Å². The third kappa shape index (κ3) is 9.44. The lowest BCUT2D eigenvalue weighted by molar-refractivity contribution is -0.276. The number of carbonyl (C=O) groups is 2. The summed E-state index contributed by atoms with van der Waals surface area (Å²) in [7, 11) is 2.01. The number of ether oxygens (including phenoxy) is 2. The summed E-state index contributed by atoms with van der Waals surface area (Å²) in [6, 6.07) is 33.3.